The number of pyridine rings is 1. The fourth-order valence-electron chi connectivity index (χ4n) is 2.54. The molecule has 0 unspecified atom stereocenters. The van der Waals surface area contributed by atoms with E-state index in [9.17, 15) is 12.8 Å². The fraction of sp³-hybridized carbons (Fsp3) is 0.211. The molecule has 1 aromatic carbocycles. The lowest BCUT2D eigenvalue weighted by atomic mass is 10.2. The molecule has 0 amide bonds. The summed E-state index contributed by atoms with van der Waals surface area (Å²) in [5, 5.41) is 6.16. The van der Waals surface area contributed by atoms with Crippen LogP contribution in [0.2, 0.25) is 0 Å². The minimum Gasteiger partial charge on any atom is -0.369 e. The first kappa shape index (κ1) is 20.6. The van der Waals surface area contributed by atoms with Crippen LogP contribution in [0.4, 0.5) is 21.8 Å². The number of nitrogens with zero attached hydrogens (tertiary/aromatic N) is 3. The normalized spacial score (nSPS) is 11.2. The van der Waals surface area contributed by atoms with Crippen molar-refractivity contribution in [2.24, 2.45) is 0 Å². The van der Waals surface area contributed by atoms with E-state index in [2.05, 4.69) is 30.3 Å². The topological polar surface area (TPSA) is 109 Å². The monoisotopic (exact) mass is 416 g/mol. The van der Waals surface area contributed by atoms with Crippen molar-refractivity contribution in [2.75, 3.05) is 23.7 Å². The molecule has 0 saturated carbocycles. The molecule has 0 aliphatic carbocycles. The van der Waals surface area contributed by atoms with Gasteiger partial charge in [-0.15, -0.1) is 0 Å². The molecule has 10 heteroatoms. The Hall–Kier alpha value is -3.11. The van der Waals surface area contributed by atoms with Gasteiger partial charge in [-0.2, -0.15) is 0 Å². The van der Waals surface area contributed by atoms with Crippen LogP contribution >= 0.6 is 0 Å². The molecule has 8 nitrogen and oxygen atoms in total. The van der Waals surface area contributed by atoms with Crippen molar-refractivity contribution >= 4 is 27.5 Å². The van der Waals surface area contributed by atoms with E-state index in [-0.39, 0.29) is 12.3 Å². The van der Waals surface area contributed by atoms with Gasteiger partial charge in [-0.1, -0.05) is 18.2 Å². The molecular formula is C19H21FN6O2S. The number of sulfonamides is 1. The average Bonchev–Trinajstić information content (AvgIpc) is 2.67. The maximum absolute atomic E-state index is 12.9. The summed E-state index contributed by atoms with van der Waals surface area (Å²) in [6, 6.07) is 12.6. The zero-order chi connectivity index (χ0) is 20.7. The van der Waals surface area contributed by atoms with Gasteiger partial charge < -0.3 is 10.6 Å². The predicted octanol–water partition coefficient (Wildman–Crippen LogP) is 2.59. The summed E-state index contributed by atoms with van der Waals surface area (Å²) < 4.78 is 39.7. The van der Waals surface area contributed by atoms with Gasteiger partial charge in [0.2, 0.25) is 10.0 Å². The van der Waals surface area contributed by atoms with Gasteiger partial charge in [0.25, 0.3) is 0 Å². The highest BCUT2D eigenvalue weighted by atomic mass is 32.2. The average molecular weight is 416 g/mol. The van der Waals surface area contributed by atoms with Crippen LogP contribution in [0.25, 0.3) is 0 Å². The Bertz CT molecular complexity index is 1050. The zero-order valence-electron chi connectivity index (χ0n) is 15.8. The summed E-state index contributed by atoms with van der Waals surface area (Å²) in [6.07, 6.45) is 1.67. The molecule has 0 radical (unpaired) electrons. The van der Waals surface area contributed by atoms with Crippen molar-refractivity contribution in [2.45, 2.75) is 12.7 Å². The molecule has 3 aromatic rings. The van der Waals surface area contributed by atoms with E-state index in [1.165, 1.54) is 24.3 Å². The minimum absolute atomic E-state index is 0.176. The number of hydrogen-bond donors (Lipinski definition) is 3. The molecule has 0 saturated heterocycles. The third-order valence-electron chi connectivity index (χ3n) is 3.78. The lowest BCUT2D eigenvalue weighted by Gasteiger charge is -2.11. The molecule has 29 heavy (non-hydrogen) atoms. The van der Waals surface area contributed by atoms with Crippen LogP contribution in [0.1, 0.15) is 11.4 Å². The molecule has 0 spiro atoms. The molecule has 0 fully saturated rings. The van der Waals surface area contributed by atoms with Crippen LogP contribution < -0.4 is 15.4 Å². The molecule has 0 aliphatic rings. The quantitative estimate of drug-likeness (QED) is 0.460. The van der Waals surface area contributed by atoms with Gasteiger partial charge in [-0.3, -0.25) is 0 Å². The minimum atomic E-state index is -3.52. The van der Waals surface area contributed by atoms with E-state index in [4.69, 9.17) is 0 Å². The summed E-state index contributed by atoms with van der Waals surface area (Å²) in [4.78, 5) is 12.8. The van der Waals surface area contributed by atoms with Gasteiger partial charge in [0.15, 0.2) is 0 Å². The predicted molar refractivity (Wildman–Crippen MR) is 110 cm³/mol. The van der Waals surface area contributed by atoms with E-state index in [1.54, 1.807) is 19.2 Å². The molecule has 152 valence electrons. The standard InChI is InChI=1S/C19H21FN6O2S/c1-14-24-18(12-19(25-14)26-17-4-2-3-9-21-17)22-10-11-23-29(27,28)13-15-5-7-16(20)8-6-15/h2-9,12,23H,10-11,13H2,1H3,(H2,21,22,24,25,26). The second kappa shape index (κ2) is 9.39. The first-order chi connectivity index (χ1) is 13.9. The van der Waals surface area contributed by atoms with E-state index in [0.29, 0.717) is 35.4 Å². The van der Waals surface area contributed by atoms with Crippen LogP contribution in [0, 0.1) is 12.7 Å². The summed E-state index contributed by atoms with van der Waals surface area (Å²) in [6.45, 7) is 2.28. The van der Waals surface area contributed by atoms with Gasteiger partial charge in [-0.05, 0) is 36.8 Å². The number of halogens is 1. The number of benzene rings is 1. The lowest BCUT2D eigenvalue weighted by molar-refractivity contribution is 0.581. The zero-order valence-corrected chi connectivity index (χ0v) is 16.6. The van der Waals surface area contributed by atoms with Gasteiger partial charge in [0, 0.05) is 25.4 Å². The Morgan fingerprint density at radius 1 is 0.966 bits per heavy atom. The summed E-state index contributed by atoms with van der Waals surface area (Å²) >= 11 is 0. The first-order valence-electron chi connectivity index (χ1n) is 8.89. The van der Waals surface area contributed by atoms with Crippen molar-refractivity contribution in [1.82, 2.24) is 19.7 Å². The highest BCUT2D eigenvalue weighted by molar-refractivity contribution is 7.88. The van der Waals surface area contributed by atoms with E-state index < -0.39 is 15.8 Å². The number of nitrogens with one attached hydrogen (secondary N) is 3. The second-order valence-electron chi connectivity index (χ2n) is 6.23. The number of rotatable bonds is 9. The van der Waals surface area contributed by atoms with Crippen molar-refractivity contribution < 1.29 is 12.8 Å². The summed E-state index contributed by atoms with van der Waals surface area (Å²) in [5.41, 5.74) is 0.517. The summed E-state index contributed by atoms with van der Waals surface area (Å²) in [5.74, 6) is 1.75. The van der Waals surface area contributed by atoms with Crippen molar-refractivity contribution in [3.63, 3.8) is 0 Å². The number of aromatic nitrogens is 3. The molecule has 0 atom stereocenters. The van der Waals surface area contributed by atoms with Crippen LogP contribution in [-0.2, 0) is 15.8 Å². The molecule has 3 rings (SSSR count). The van der Waals surface area contributed by atoms with Crippen LogP contribution in [0.3, 0.4) is 0 Å². The molecular weight excluding hydrogens is 395 g/mol. The smallest absolute Gasteiger partial charge is 0.215 e. The van der Waals surface area contributed by atoms with E-state index in [0.717, 1.165) is 0 Å². The van der Waals surface area contributed by atoms with Crippen molar-refractivity contribution in [3.8, 4) is 0 Å². The maximum atomic E-state index is 12.9. The molecule has 3 N–H and O–H groups in total. The lowest BCUT2D eigenvalue weighted by Crippen LogP contribution is -2.30. The van der Waals surface area contributed by atoms with Gasteiger partial charge >= 0.3 is 0 Å². The largest absolute Gasteiger partial charge is 0.369 e. The number of aryl methyl sites for hydroxylation is 1. The van der Waals surface area contributed by atoms with Crippen LogP contribution in [0.5, 0.6) is 0 Å². The number of anilines is 3. The number of hydrogen-bond acceptors (Lipinski definition) is 7. The van der Waals surface area contributed by atoms with Gasteiger partial charge in [0.05, 0.1) is 5.75 Å². The molecule has 2 heterocycles. The third kappa shape index (κ3) is 6.77. The van der Waals surface area contributed by atoms with Crippen LogP contribution in [-0.4, -0.2) is 36.5 Å². The van der Waals surface area contributed by atoms with E-state index >= 15 is 0 Å². The SMILES string of the molecule is Cc1nc(NCCNS(=O)(=O)Cc2ccc(F)cc2)cc(Nc2ccccn2)n1. The fourth-order valence-corrected chi connectivity index (χ4v) is 3.68. The Labute approximate surface area is 168 Å². The Kier molecular flexibility index (Phi) is 6.68. The maximum Gasteiger partial charge on any atom is 0.215 e. The Morgan fingerprint density at radius 2 is 1.72 bits per heavy atom. The van der Waals surface area contributed by atoms with Crippen molar-refractivity contribution in [3.05, 3.63) is 71.9 Å². The van der Waals surface area contributed by atoms with Crippen LogP contribution in [0.15, 0.2) is 54.7 Å². The molecule has 0 bridgehead atoms. The first-order valence-corrected chi connectivity index (χ1v) is 10.5. The van der Waals surface area contributed by atoms with Gasteiger partial charge in [0.1, 0.15) is 29.1 Å². The molecule has 0 aliphatic heterocycles. The Morgan fingerprint density at radius 3 is 2.45 bits per heavy atom. The Balaban J connectivity index is 1.51. The third-order valence-corrected chi connectivity index (χ3v) is 5.14. The van der Waals surface area contributed by atoms with Gasteiger partial charge in [-0.25, -0.2) is 32.5 Å². The van der Waals surface area contributed by atoms with Crippen molar-refractivity contribution in [1.29, 1.82) is 0 Å². The van der Waals surface area contributed by atoms with E-state index in [1.807, 2.05) is 18.2 Å². The second-order valence-corrected chi connectivity index (χ2v) is 8.04. The summed E-state index contributed by atoms with van der Waals surface area (Å²) in [7, 11) is -3.52. The molecule has 2 aromatic heterocycles. The highest BCUT2D eigenvalue weighted by Gasteiger charge is 2.11. The highest BCUT2D eigenvalue weighted by Crippen LogP contribution is 2.15.